The molecule has 5 rings (SSSR count). The summed E-state index contributed by atoms with van der Waals surface area (Å²) in [6.07, 6.45) is 0. The summed E-state index contributed by atoms with van der Waals surface area (Å²) >= 11 is 1.35. The molecule has 1 N–H and O–H groups in total. The van der Waals surface area contributed by atoms with E-state index >= 15 is 0 Å². The average molecular weight is 500 g/mol. The lowest BCUT2D eigenvalue weighted by atomic mass is 9.96. The van der Waals surface area contributed by atoms with Crippen molar-refractivity contribution in [3.8, 4) is 5.75 Å². The summed E-state index contributed by atoms with van der Waals surface area (Å²) in [5.74, 6) is 0.493. The SMILES string of the molecule is COc1ccc(NC(=O)c2nnc(CN3CCN(C(c4ccccc4)c4ccccc4)CC3)s2)cc1. The highest BCUT2D eigenvalue weighted by atomic mass is 32.1. The first-order chi connectivity index (χ1) is 17.7. The van der Waals surface area contributed by atoms with Crippen LogP contribution >= 0.6 is 11.3 Å². The van der Waals surface area contributed by atoms with Gasteiger partial charge in [-0.15, -0.1) is 10.2 Å². The highest BCUT2D eigenvalue weighted by Gasteiger charge is 2.27. The summed E-state index contributed by atoms with van der Waals surface area (Å²) in [7, 11) is 1.61. The fourth-order valence-electron chi connectivity index (χ4n) is 4.52. The minimum absolute atomic E-state index is 0.240. The van der Waals surface area contributed by atoms with Gasteiger partial charge in [0.1, 0.15) is 10.8 Å². The van der Waals surface area contributed by atoms with Crippen LogP contribution in [0.4, 0.5) is 5.69 Å². The lowest BCUT2D eigenvalue weighted by molar-refractivity contribution is 0.102. The van der Waals surface area contributed by atoms with Gasteiger partial charge in [-0.05, 0) is 35.4 Å². The Bertz CT molecular complexity index is 1220. The summed E-state index contributed by atoms with van der Waals surface area (Å²) in [4.78, 5) is 17.5. The Morgan fingerprint density at radius 2 is 1.50 bits per heavy atom. The number of methoxy groups -OCH3 is 1. The van der Waals surface area contributed by atoms with Crippen LogP contribution in [0.1, 0.15) is 32.0 Å². The number of carbonyl (C=O) groups excluding carboxylic acids is 1. The Hall–Kier alpha value is -3.59. The third kappa shape index (κ3) is 5.79. The van der Waals surface area contributed by atoms with Crippen molar-refractivity contribution in [2.75, 3.05) is 38.6 Å². The molecule has 3 aromatic carbocycles. The van der Waals surface area contributed by atoms with Crippen molar-refractivity contribution in [1.82, 2.24) is 20.0 Å². The molecular weight excluding hydrogens is 470 g/mol. The van der Waals surface area contributed by atoms with Gasteiger partial charge in [-0.25, -0.2) is 0 Å². The van der Waals surface area contributed by atoms with E-state index < -0.39 is 0 Å². The number of benzene rings is 3. The zero-order valence-corrected chi connectivity index (χ0v) is 21.0. The van der Waals surface area contributed by atoms with Crippen molar-refractivity contribution in [3.05, 3.63) is 106 Å². The maximum atomic E-state index is 12.6. The number of piperazine rings is 1. The van der Waals surface area contributed by atoms with Crippen LogP contribution in [0.25, 0.3) is 0 Å². The zero-order chi connectivity index (χ0) is 24.7. The number of hydrogen-bond acceptors (Lipinski definition) is 7. The molecule has 2 heterocycles. The molecule has 0 radical (unpaired) electrons. The predicted molar refractivity (Wildman–Crippen MR) is 142 cm³/mol. The van der Waals surface area contributed by atoms with Gasteiger partial charge in [0, 0.05) is 31.9 Å². The van der Waals surface area contributed by atoms with Gasteiger partial charge in [-0.3, -0.25) is 14.6 Å². The zero-order valence-electron chi connectivity index (χ0n) is 20.2. The van der Waals surface area contributed by atoms with Crippen molar-refractivity contribution in [1.29, 1.82) is 0 Å². The Kier molecular flexibility index (Phi) is 7.66. The number of aromatic nitrogens is 2. The standard InChI is InChI=1S/C28H29N5O2S/c1-35-24-14-12-23(13-15-24)29-27(34)28-31-30-25(36-28)20-32-16-18-33(19-17-32)26(21-8-4-2-5-9-21)22-10-6-3-7-11-22/h2-15,26H,16-20H2,1H3,(H,29,34). The van der Waals surface area contributed by atoms with Crippen molar-refractivity contribution in [2.45, 2.75) is 12.6 Å². The molecule has 1 aliphatic rings. The van der Waals surface area contributed by atoms with Crippen LogP contribution in [0, 0.1) is 0 Å². The van der Waals surface area contributed by atoms with Gasteiger partial charge < -0.3 is 10.1 Å². The number of ether oxygens (including phenoxy) is 1. The molecule has 0 spiro atoms. The molecule has 1 fully saturated rings. The molecule has 1 saturated heterocycles. The van der Waals surface area contributed by atoms with E-state index in [1.165, 1.54) is 22.5 Å². The van der Waals surface area contributed by atoms with Crippen molar-refractivity contribution < 1.29 is 9.53 Å². The van der Waals surface area contributed by atoms with Gasteiger partial charge in [-0.1, -0.05) is 72.0 Å². The van der Waals surface area contributed by atoms with E-state index in [0.29, 0.717) is 17.2 Å². The van der Waals surface area contributed by atoms with Gasteiger partial charge in [-0.2, -0.15) is 0 Å². The van der Waals surface area contributed by atoms with Crippen molar-refractivity contribution in [2.24, 2.45) is 0 Å². The summed E-state index contributed by atoms with van der Waals surface area (Å²) in [5.41, 5.74) is 3.32. The highest BCUT2D eigenvalue weighted by Crippen LogP contribution is 2.29. The van der Waals surface area contributed by atoms with Gasteiger partial charge in [0.2, 0.25) is 5.01 Å². The molecule has 7 nitrogen and oxygen atoms in total. The second kappa shape index (κ2) is 11.4. The largest absolute Gasteiger partial charge is 0.497 e. The van der Waals surface area contributed by atoms with E-state index in [1.54, 1.807) is 31.4 Å². The Labute approximate surface area is 215 Å². The number of hydrogen-bond donors (Lipinski definition) is 1. The number of nitrogens with zero attached hydrogens (tertiary/aromatic N) is 4. The second-order valence-electron chi connectivity index (χ2n) is 8.72. The Morgan fingerprint density at radius 3 is 2.08 bits per heavy atom. The fourth-order valence-corrected chi connectivity index (χ4v) is 5.30. The maximum Gasteiger partial charge on any atom is 0.286 e. The highest BCUT2D eigenvalue weighted by molar-refractivity contribution is 7.13. The first-order valence-corrected chi connectivity index (χ1v) is 12.9. The normalized spacial score (nSPS) is 14.6. The van der Waals surface area contributed by atoms with Crippen LogP contribution in [-0.2, 0) is 6.54 Å². The molecule has 1 aliphatic heterocycles. The molecule has 0 bridgehead atoms. The lowest BCUT2D eigenvalue weighted by Gasteiger charge is -2.39. The maximum absolute atomic E-state index is 12.6. The van der Waals surface area contributed by atoms with Crippen LogP contribution in [0.3, 0.4) is 0 Å². The molecular formula is C28H29N5O2S. The second-order valence-corrected chi connectivity index (χ2v) is 9.78. The smallest absolute Gasteiger partial charge is 0.286 e. The Morgan fingerprint density at radius 1 is 0.889 bits per heavy atom. The number of nitrogens with one attached hydrogen (secondary N) is 1. The van der Waals surface area contributed by atoms with Crippen LogP contribution < -0.4 is 10.1 Å². The van der Waals surface area contributed by atoms with E-state index in [-0.39, 0.29) is 11.9 Å². The summed E-state index contributed by atoms with van der Waals surface area (Å²) in [6.45, 7) is 4.48. The monoisotopic (exact) mass is 499 g/mol. The minimum Gasteiger partial charge on any atom is -0.497 e. The summed E-state index contributed by atoms with van der Waals surface area (Å²) in [5, 5.41) is 12.5. The molecule has 1 amide bonds. The predicted octanol–water partition coefficient (Wildman–Crippen LogP) is 4.71. The van der Waals surface area contributed by atoms with Gasteiger partial charge in [0.05, 0.1) is 19.7 Å². The van der Waals surface area contributed by atoms with Crippen LogP contribution in [0.2, 0.25) is 0 Å². The fraction of sp³-hybridized carbons (Fsp3) is 0.250. The summed E-state index contributed by atoms with van der Waals surface area (Å²) in [6, 6.07) is 28.9. The molecule has 36 heavy (non-hydrogen) atoms. The van der Waals surface area contributed by atoms with Crippen LogP contribution in [0.15, 0.2) is 84.9 Å². The molecule has 1 aromatic heterocycles. The van der Waals surface area contributed by atoms with Crippen LogP contribution in [-0.4, -0.2) is 59.2 Å². The van der Waals surface area contributed by atoms with E-state index in [9.17, 15) is 4.79 Å². The van der Waals surface area contributed by atoms with Crippen molar-refractivity contribution >= 4 is 22.9 Å². The Balaban J connectivity index is 1.18. The van der Waals surface area contributed by atoms with E-state index in [2.05, 4.69) is 86.0 Å². The van der Waals surface area contributed by atoms with Gasteiger partial charge in [0.25, 0.3) is 5.91 Å². The number of anilines is 1. The number of carbonyl (C=O) groups is 1. The summed E-state index contributed by atoms with van der Waals surface area (Å²) < 4.78 is 5.16. The average Bonchev–Trinajstić information content (AvgIpc) is 3.40. The molecule has 4 aromatic rings. The topological polar surface area (TPSA) is 70.6 Å². The first-order valence-electron chi connectivity index (χ1n) is 12.0. The first kappa shape index (κ1) is 24.1. The van der Waals surface area contributed by atoms with Gasteiger partial charge in [0.15, 0.2) is 0 Å². The quantitative estimate of drug-likeness (QED) is 0.379. The number of amides is 1. The molecule has 0 atom stereocenters. The van der Waals surface area contributed by atoms with E-state index in [4.69, 9.17) is 4.74 Å². The number of rotatable bonds is 8. The molecule has 0 unspecified atom stereocenters. The molecule has 0 aliphatic carbocycles. The van der Waals surface area contributed by atoms with Crippen LogP contribution in [0.5, 0.6) is 5.75 Å². The van der Waals surface area contributed by atoms with Gasteiger partial charge >= 0.3 is 0 Å². The molecule has 8 heteroatoms. The molecule has 0 saturated carbocycles. The third-order valence-corrected chi connectivity index (χ3v) is 7.28. The lowest BCUT2D eigenvalue weighted by Crippen LogP contribution is -2.47. The van der Waals surface area contributed by atoms with E-state index in [1.807, 2.05) is 0 Å². The van der Waals surface area contributed by atoms with E-state index in [0.717, 1.165) is 36.9 Å². The third-order valence-electron chi connectivity index (χ3n) is 6.37. The van der Waals surface area contributed by atoms with Crippen molar-refractivity contribution in [3.63, 3.8) is 0 Å². The minimum atomic E-state index is -0.248. The molecule has 184 valence electrons.